The summed E-state index contributed by atoms with van der Waals surface area (Å²) in [5.41, 5.74) is 0.496. The monoisotopic (exact) mass is 431 g/mol. The molecule has 0 saturated heterocycles. The molecule has 0 saturated carbocycles. The van der Waals surface area contributed by atoms with E-state index in [1.54, 1.807) is 6.07 Å². The van der Waals surface area contributed by atoms with E-state index in [-0.39, 0.29) is 5.69 Å². The Balaban J connectivity index is 1.84. The molecule has 0 fully saturated rings. The van der Waals surface area contributed by atoms with Crippen LogP contribution in [0.1, 0.15) is 20.8 Å². The van der Waals surface area contributed by atoms with Crippen molar-refractivity contribution in [2.24, 2.45) is 11.3 Å². The average Bonchev–Trinajstić information content (AvgIpc) is 3.02. The van der Waals surface area contributed by atoms with Gasteiger partial charge in [-0.3, -0.25) is 14.9 Å². The molecule has 9 heteroatoms. The van der Waals surface area contributed by atoms with Crippen molar-refractivity contribution < 1.29 is 19.6 Å². The summed E-state index contributed by atoms with van der Waals surface area (Å²) in [7, 11) is 0. The molecule has 2 atom stereocenters. The molecule has 2 aromatic carbocycles. The number of nitro benzene ring substituents is 1. The van der Waals surface area contributed by atoms with Gasteiger partial charge in [0.25, 0.3) is 5.69 Å². The highest BCUT2D eigenvalue weighted by molar-refractivity contribution is 8.00. The molecule has 3 N–H and O–H groups in total. The van der Waals surface area contributed by atoms with E-state index in [0.717, 1.165) is 5.75 Å². The number of ether oxygens (including phenoxy) is 1. The molecule has 1 heterocycles. The third-order valence-electron chi connectivity index (χ3n) is 4.80. The molecule has 2 aromatic rings. The van der Waals surface area contributed by atoms with Crippen LogP contribution in [0.5, 0.6) is 5.75 Å². The molecule has 0 amide bonds. The SMILES string of the molecule is CC(C)(C)C(C(=O)O)C1(SCCOc2ccccc2)Nc2ccc([N+](=O)[O-])cc2N1. The molecular weight excluding hydrogens is 406 g/mol. The summed E-state index contributed by atoms with van der Waals surface area (Å²) in [4.78, 5) is 21.9. The van der Waals surface area contributed by atoms with E-state index < -0.39 is 27.2 Å². The number of nitro groups is 1. The van der Waals surface area contributed by atoms with Gasteiger partial charge in [0.1, 0.15) is 11.7 Å². The maximum atomic E-state index is 12.3. The predicted octanol–water partition coefficient (Wildman–Crippen LogP) is 4.65. The maximum Gasteiger partial charge on any atom is 0.312 e. The Bertz CT molecular complexity index is 932. The van der Waals surface area contributed by atoms with Crippen LogP contribution in [0.15, 0.2) is 48.5 Å². The third kappa shape index (κ3) is 4.62. The molecule has 3 rings (SSSR count). The lowest BCUT2D eigenvalue weighted by atomic mass is 9.78. The Kier molecular flexibility index (Phi) is 6.12. The fourth-order valence-electron chi connectivity index (χ4n) is 3.62. The largest absolute Gasteiger partial charge is 0.493 e. The zero-order valence-corrected chi connectivity index (χ0v) is 17.9. The van der Waals surface area contributed by atoms with Gasteiger partial charge in [0.15, 0.2) is 4.99 Å². The summed E-state index contributed by atoms with van der Waals surface area (Å²) in [6.07, 6.45) is 0. The van der Waals surface area contributed by atoms with Crippen LogP contribution in [-0.4, -0.2) is 33.4 Å². The van der Waals surface area contributed by atoms with E-state index in [2.05, 4.69) is 10.6 Å². The van der Waals surface area contributed by atoms with Gasteiger partial charge in [-0.1, -0.05) is 39.0 Å². The predicted molar refractivity (Wildman–Crippen MR) is 118 cm³/mol. The van der Waals surface area contributed by atoms with Gasteiger partial charge in [-0.05, 0) is 23.6 Å². The normalized spacial score (nSPS) is 18.6. The van der Waals surface area contributed by atoms with E-state index >= 15 is 0 Å². The second-order valence-electron chi connectivity index (χ2n) is 8.12. The minimum Gasteiger partial charge on any atom is -0.493 e. The number of non-ortho nitro benzene ring substituents is 1. The Labute approximate surface area is 179 Å². The quantitative estimate of drug-likeness (QED) is 0.315. The number of aliphatic carboxylic acids is 1. The van der Waals surface area contributed by atoms with Crippen molar-refractivity contribution in [2.45, 2.75) is 25.8 Å². The van der Waals surface area contributed by atoms with Crippen LogP contribution in [0.25, 0.3) is 0 Å². The summed E-state index contributed by atoms with van der Waals surface area (Å²) in [5, 5.41) is 27.7. The van der Waals surface area contributed by atoms with Crippen LogP contribution in [0, 0.1) is 21.4 Å². The van der Waals surface area contributed by atoms with Gasteiger partial charge in [-0.25, -0.2) is 0 Å². The van der Waals surface area contributed by atoms with Crippen molar-refractivity contribution in [3.8, 4) is 5.75 Å². The minimum absolute atomic E-state index is 0.0566. The first kappa shape index (κ1) is 21.8. The third-order valence-corrected chi connectivity index (χ3v) is 6.07. The van der Waals surface area contributed by atoms with E-state index in [1.165, 1.54) is 23.9 Å². The molecule has 1 aliphatic heterocycles. The Morgan fingerprint density at radius 1 is 1.20 bits per heavy atom. The van der Waals surface area contributed by atoms with Gasteiger partial charge in [-0.2, -0.15) is 0 Å². The number of fused-ring (bicyclic) bond motifs is 1. The summed E-state index contributed by atoms with van der Waals surface area (Å²) in [6, 6.07) is 13.8. The number of nitrogens with zero attached hydrogens (tertiary/aromatic N) is 1. The van der Waals surface area contributed by atoms with Gasteiger partial charge < -0.3 is 20.5 Å². The topological polar surface area (TPSA) is 114 Å². The lowest BCUT2D eigenvalue weighted by Crippen LogP contribution is -2.54. The van der Waals surface area contributed by atoms with Crippen molar-refractivity contribution in [3.05, 3.63) is 58.6 Å². The molecule has 8 nitrogen and oxygen atoms in total. The molecule has 160 valence electrons. The lowest BCUT2D eigenvalue weighted by Gasteiger charge is -2.42. The zero-order valence-electron chi connectivity index (χ0n) is 17.0. The molecule has 0 aromatic heterocycles. The highest BCUT2D eigenvalue weighted by Crippen LogP contribution is 2.50. The van der Waals surface area contributed by atoms with Crippen LogP contribution in [0.4, 0.5) is 17.1 Å². The lowest BCUT2D eigenvalue weighted by molar-refractivity contribution is -0.384. The van der Waals surface area contributed by atoms with Crippen LogP contribution >= 0.6 is 11.8 Å². The fraction of sp³-hybridized carbons (Fsp3) is 0.381. The number of carbonyl (C=O) groups is 1. The number of carboxylic acids is 1. The smallest absolute Gasteiger partial charge is 0.312 e. The van der Waals surface area contributed by atoms with E-state index in [4.69, 9.17) is 4.74 Å². The number of rotatable bonds is 8. The summed E-state index contributed by atoms with van der Waals surface area (Å²) >= 11 is 1.39. The Hall–Kier alpha value is -2.94. The van der Waals surface area contributed by atoms with E-state index in [0.29, 0.717) is 23.7 Å². The molecule has 0 aliphatic carbocycles. The number of thioether (sulfide) groups is 1. The van der Waals surface area contributed by atoms with Crippen molar-refractivity contribution >= 4 is 34.8 Å². The van der Waals surface area contributed by atoms with Crippen molar-refractivity contribution in [2.75, 3.05) is 23.0 Å². The van der Waals surface area contributed by atoms with Gasteiger partial charge in [0.05, 0.1) is 22.9 Å². The highest BCUT2D eigenvalue weighted by Gasteiger charge is 2.53. The van der Waals surface area contributed by atoms with Crippen LogP contribution in [-0.2, 0) is 4.79 Å². The molecule has 0 bridgehead atoms. The second kappa shape index (κ2) is 8.43. The Morgan fingerprint density at radius 3 is 2.47 bits per heavy atom. The molecule has 2 unspecified atom stereocenters. The van der Waals surface area contributed by atoms with Crippen molar-refractivity contribution in [1.29, 1.82) is 0 Å². The second-order valence-corrected chi connectivity index (χ2v) is 9.46. The van der Waals surface area contributed by atoms with E-state index in [1.807, 2.05) is 51.1 Å². The number of benzene rings is 2. The number of nitrogens with one attached hydrogen (secondary N) is 2. The number of hydrogen-bond acceptors (Lipinski definition) is 7. The first-order valence-electron chi connectivity index (χ1n) is 9.52. The number of para-hydroxylation sites is 1. The number of anilines is 2. The Morgan fingerprint density at radius 2 is 1.87 bits per heavy atom. The number of hydrogen-bond donors (Lipinski definition) is 3. The summed E-state index contributed by atoms with van der Waals surface area (Å²) in [5.74, 6) is -0.548. The van der Waals surface area contributed by atoms with Crippen LogP contribution in [0.3, 0.4) is 0 Å². The van der Waals surface area contributed by atoms with E-state index in [9.17, 15) is 20.0 Å². The molecule has 0 radical (unpaired) electrons. The minimum atomic E-state index is -1.08. The fourth-order valence-corrected chi connectivity index (χ4v) is 5.10. The first-order valence-corrected chi connectivity index (χ1v) is 10.5. The highest BCUT2D eigenvalue weighted by atomic mass is 32.2. The van der Waals surface area contributed by atoms with Gasteiger partial charge in [0, 0.05) is 17.9 Å². The number of carboxylic acid groups (broad SMARTS) is 1. The van der Waals surface area contributed by atoms with Gasteiger partial charge >= 0.3 is 5.97 Å². The molecule has 30 heavy (non-hydrogen) atoms. The molecule has 1 aliphatic rings. The van der Waals surface area contributed by atoms with Crippen molar-refractivity contribution in [3.63, 3.8) is 0 Å². The average molecular weight is 432 g/mol. The van der Waals surface area contributed by atoms with Crippen LogP contribution in [0.2, 0.25) is 0 Å². The van der Waals surface area contributed by atoms with Crippen molar-refractivity contribution in [1.82, 2.24) is 0 Å². The van der Waals surface area contributed by atoms with Gasteiger partial charge in [0.2, 0.25) is 0 Å². The first-order chi connectivity index (χ1) is 14.1. The summed E-state index contributed by atoms with van der Waals surface area (Å²) < 4.78 is 5.75. The molecule has 0 spiro atoms. The van der Waals surface area contributed by atoms with Crippen LogP contribution < -0.4 is 15.4 Å². The summed E-state index contributed by atoms with van der Waals surface area (Å²) in [6.45, 7) is 5.98. The zero-order chi connectivity index (χ0) is 21.9. The standard InChI is InChI=1S/C21H25N3O5S/c1-20(2,3)18(19(25)26)21(30-12-11-29-15-7-5-4-6-8-15)22-16-10-9-14(24(27)28)13-17(16)23-21/h4-10,13,18,22-23H,11-12H2,1-3H3,(H,25,26). The van der Waals surface area contributed by atoms with Gasteiger partial charge in [-0.15, -0.1) is 11.8 Å². The molecular formula is C21H25N3O5S. The maximum absolute atomic E-state index is 12.3.